The third-order valence-electron chi connectivity index (χ3n) is 3.42. The molecule has 1 aromatic rings. The summed E-state index contributed by atoms with van der Waals surface area (Å²) in [6.07, 6.45) is 2.56. The van der Waals surface area contributed by atoms with Gasteiger partial charge in [-0.05, 0) is 44.6 Å². The molecule has 1 aliphatic heterocycles. The highest BCUT2D eigenvalue weighted by Gasteiger charge is 2.21. The largest absolute Gasteiger partial charge is 0.399 e. The van der Waals surface area contributed by atoms with Gasteiger partial charge < -0.3 is 15.5 Å². The molecule has 1 atom stereocenters. The Balaban J connectivity index is 2.09. The number of likely N-dealkylation sites (tertiary alicyclic amines) is 1. The maximum Gasteiger partial charge on any atom is 0.0414 e. The first-order valence-corrected chi connectivity index (χ1v) is 5.94. The molecule has 1 saturated heterocycles. The first kappa shape index (κ1) is 11.3. The van der Waals surface area contributed by atoms with E-state index in [4.69, 9.17) is 5.73 Å². The van der Waals surface area contributed by atoms with E-state index in [9.17, 15) is 0 Å². The molecule has 0 aromatic heterocycles. The maximum atomic E-state index is 5.82. The topological polar surface area (TPSA) is 32.5 Å². The van der Waals surface area contributed by atoms with Crippen LogP contribution >= 0.6 is 0 Å². The first-order valence-electron chi connectivity index (χ1n) is 5.94. The fraction of sp³-hybridized carbons (Fsp3) is 0.538. The molecule has 1 heterocycles. The molecule has 0 radical (unpaired) electrons. The zero-order valence-electron chi connectivity index (χ0n) is 10.2. The smallest absolute Gasteiger partial charge is 0.0414 e. The fourth-order valence-electron chi connectivity index (χ4n) is 2.41. The van der Waals surface area contributed by atoms with Crippen molar-refractivity contribution in [1.29, 1.82) is 0 Å². The molecule has 1 aliphatic rings. The van der Waals surface area contributed by atoms with Gasteiger partial charge in [0, 0.05) is 31.0 Å². The van der Waals surface area contributed by atoms with Crippen molar-refractivity contribution < 1.29 is 0 Å². The standard InChI is InChI=1S/C13H21N3/c1-15-8-4-7-13(10-15)16(2)12-6-3-5-11(14)9-12/h3,5-6,9,13H,4,7-8,10,14H2,1-2H3. The van der Waals surface area contributed by atoms with Crippen LogP contribution in [0.5, 0.6) is 0 Å². The molecule has 0 saturated carbocycles. The van der Waals surface area contributed by atoms with Crippen LogP contribution in [0, 0.1) is 0 Å². The van der Waals surface area contributed by atoms with Crippen LogP contribution < -0.4 is 10.6 Å². The summed E-state index contributed by atoms with van der Waals surface area (Å²) in [6, 6.07) is 8.75. The van der Waals surface area contributed by atoms with E-state index in [1.165, 1.54) is 25.1 Å². The summed E-state index contributed by atoms with van der Waals surface area (Å²) in [5, 5.41) is 0. The van der Waals surface area contributed by atoms with Crippen LogP contribution in [0.1, 0.15) is 12.8 Å². The number of hydrogen-bond acceptors (Lipinski definition) is 3. The molecule has 16 heavy (non-hydrogen) atoms. The van der Waals surface area contributed by atoms with Crippen LogP contribution in [0.25, 0.3) is 0 Å². The molecule has 3 nitrogen and oxygen atoms in total. The molecule has 88 valence electrons. The van der Waals surface area contributed by atoms with Gasteiger partial charge in [-0.1, -0.05) is 6.07 Å². The fourth-order valence-corrected chi connectivity index (χ4v) is 2.41. The predicted molar refractivity (Wildman–Crippen MR) is 69.8 cm³/mol. The van der Waals surface area contributed by atoms with Crippen LogP contribution in [0.2, 0.25) is 0 Å². The van der Waals surface area contributed by atoms with Crippen molar-refractivity contribution in [2.45, 2.75) is 18.9 Å². The number of anilines is 2. The van der Waals surface area contributed by atoms with E-state index in [0.29, 0.717) is 6.04 Å². The van der Waals surface area contributed by atoms with Crippen molar-refractivity contribution in [3.63, 3.8) is 0 Å². The third kappa shape index (κ3) is 2.47. The maximum absolute atomic E-state index is 5.82. The second-order valence-corrected chi connectivity index (χ2v) is 4.76. The van der Waals surface area contributed by atoms with Crippen molar-refractivity contribution in [2.75, 3.05) is 37.8 Å². The summed E-state index contributed by atoms with van der Waals surface area (Å²) < 4.78 is 0. The minimum Gasteiger partial charge on any atom is -0.399 e. The van der Waals surface area contributed by atoms with Crippen LogP contribution in [0.15, 0.2) is 24.3 Å². The van der Waals surface area contributed by atoms with E-state index in [-0.39, 0.29) is 0 Å². The van der Waals surface area contributed by atoms with E-state index in [1.54, 1.807) is 0 Å². The predicted octanol–water partition coefficient (Wildman–Crippen LogP) is 1.80. The minimum atomic E-state index is 0.612. The zero-order chi connectivity index (χ0) is 11.5. The van der Waals surface area contributed by atoms with Gasteiger partial charge in [-0.2, -0.15) is 0 Å². The van der Waals surface area contributed by atoms with E-state index < -0.39 is 0 Å². The number of benzene rings is 1. The van der Waals surface area contributed by atoms with Gasteiger partial charge in [-0.15, -0.1) is 0 Å². The third-order valence-corrected chi connectivity index (χ3v) is 3.42. The molecule has 1 aromatic carbocycles. The van der Waals surface area contributed by atoms with Gasteiger partial charge in [0.2, 0.25) is 0 Å². The van der Waals surface area contributed by atoms with Gasteiger partial charge in [-0.25, -0.2) is 0 Å². The molecule has 2 N–H and O–H groups in total. The second kappa shape index (κ2) is 4.74. The number of nitrogens with two attached hydrogens (primary N) is 1. The lowest BCUT2D eigenvalue weighted by atomic mass is 10.0. The molecule has 0 aliphatic carbocycles. The van der Waals surface area contributed by atoms with Crippen molar-refractivity contribution in [2.24, 2.45) is 0 Å². The summed E-state index contributed by atoms with van der Waals surface area (Å²) >= 11 is 0. The number of nitrogen functional groups attached to an aromatic ring is 1. The van der Waals surface area contributed by atoms with Crippen LogP contribution in [-0.2, 0) is 0 Å². The Labute approximate surface area is 97.8 Å². The Kier molecular flexibility index (Phi) is 3.34. The van der Waals surface area contributed by atoms with E-state index in [0.717, 1.165) is 12.2 Å². The number of piperidine rings is 1. The summed E-state index contributed by atoms with van der Waals surface area (Å²) in [6.45, 7) is 2.37. The molecule has 2 rings (SSSR count). The SMILES string of the molecule is CN1CCCC(N(C)c2cccc(N)c2)C1. The van der Waals surface area contributed by atoms with Gasteiger partial charge in [0.25, 0.3) is 0 Å². The van der Waals surface area contributed by atoms with Crippen molar-refractivity contribution >= 4 is 11.4 Å². The Morgan fingerprint density at radius 1 is 1.44 bits per heavy atom. The van der Waals surface area contributed by atoms with Crippen molar-refractivity contribution in [1.82, 2.24) is 4.90 Å². The van der Waals surface area contributed by atoms with Gasteiger partial charge in [0.15, 0.2) is 0 Å². The lowest BCUT2D eigenvalue weighted by Gasteiger charge is -2.37. The second-order valence-electron chi connectivity index (χ2n) is 4.76. The minimum absolute atomic E-state index is 0.612. The van der Waals surface area contributed by atoms with E-state index >= 15 is 0 Å². The van der Waals surface area contributed by atoms with Gasteiger partial charge in [-0.3, -0.25) is 0 Å². The summed E-state index contributed by atoms with van der Waals surface area (Å²) in [5.41, 5.74) is 7.88. The quantitative estimate of drug-likeness (QED) is 0.770. The molecular formula is C13H21N3. The number of likely N-dealkylation sites (N-methyl/N-ethyl adjacent to an activating group) is 2. The first-order chi connectivity index (χ1) is 7.66. The Morgan fingerprint density at radius 2 is 2.25 bits per heavy atom. The number of nitrogens with zero attached hydrogens (tertiary/aromatic N) is 2. The Morgan fingerprint density at radius 3 is 2.94 bits per heavy atom. The molecule has 1 fully saturated rings. The highest BCUT2D eigenvalue weighted by Crippen LogP contribution is 2.22. The summed E-state index contributed by atoms with van der Waals surface area (Å²) in [7, 11) is 4.36. The molecule has 0 spiro atoms. The van der Waals surface area contributed by atoms with E-state index in [2.05, 4.69) is 36.0 Å². The van der Waals surface area contributed by atoms with E-state index in [1.807, 2.05) is 12.1 Å². The average molecular weight is 219 g/mol. The Hall–Kier alpha value is -1.22. The highest BCUT2D eigenvalue weighted by atomic mass is 15.2. The highest BCUT2D eigenvalue weighted by molar-refractivity contribution is 5.56. The monoisotopic (exact) mass is 219 g/mol. The summed E-state index contributed by atoms with van der Waals surface area (Å²) in [4.78, 5) is 4.75. The molecule has 1 unspecified atom stereocenters. The molecular weight excluding hydrogens is 198 g/mol. The van der Waals surface area contributed by atoms with Gasteiger partial charge >= 0.3 is 0 Å². The molecule has 0 bridgehead atoms. The molecule has 3 heteroatoms. The van der Waals surface area contributed by atoms with Crippen LogP contribution in [0.3, 0.4) is 0 Å². The normalized spacial score (nSPS) is 22.0. The summed E-state index contributed by atoms with van der Waals surface area (Å²) in [5.74, 6) is 0. The zero-order valence-corrected chi connectivity index (χ0v) is 10.2. The lowest BCUT2D eigenvalue weighted by molar-refractivity contribution is 0.248. The van der Waals surface area contributed by atoms with Crippen LogP contribution in [0.4, 0.5) is 11.4 Å². The lowest BCUT2D eigenvalue weighted by Crippen LogP contribution is -2.45. The number of rotatable bonds is 2. The average Bonchev–Trinajstić information content (AvgIpc) is 2.28. The van der Waals surface area contributed by atoms with Gasteiger partial charge in [0.1, 0.15) is 0 Å². The van der Waals surface area contributed by atoms with Crippen molar-refractivity contribution in [3.05, 3.63) is 24.3 Å². The van der Waals surface area contributed by atoms with Gasteiger partial charge in [0.05, 0.1) is 0 Å². The Bertz CT molecular complexity index is 351. The molecule has 0 amide bonds. The van der Waals surface area contributed by atoms with Crippen LogP contribution in [-0.4, -0.2) is 38.1 Å². The van der Waals surface area contributed by atoms with Crippen molar-refractivity contribution in [3.8, 4) is 0 Å². The number of hydrogen-bond donors (Lipinski definition) is 1.